The summed E-state index contributed by atoms with van der Waals surface area (Å²) in [7, 11) is 4.22. The van der Waals surface area contributed by atoms with Gasteiger partial charge in [0.2, 0.25) is 0 Å². The second-order valence-electron chi connectivity index (χ2n) is 6.28. The Morgan fingerprint density at radius 1 is 1.09 bits per heavy atom. The Balaban J connectivity index is 1.96. The van der Waals surface area contributed by atoms with Crippen molar-refractivity contribution >= 4 is 23.1 Å². The molecule has 1 aliphatic rings. The minimum atomic E-state index is -0.439. The first-order valence-corrected chi connectivity index (χ1v) is 8.89. The molecule has 0 saturated carbocycles. The summed E-state index contributed by atoms with van der Waals surface area (Å²) in [6, 6.07) is 14.9. The van der Waals surface area contributed by atoms with Gasteiger partial charge in [0.05, 0.1) is 17.5 Å². The van der Waals surface area contributed by atoms with E-state index in [1.165, 1.54) is 21.2 Å². The number of aliphatic hydroxyl groups excluding tert-OH is 1. The van der Waals surface area contributed by atoms with E-state index in [0.29, 0.717) is 0 Å². The predicted octanol–water partition coefficient (Wildman–Crippen LogP) is 4.29. The fraction of sp³-hybridized carbons (Fsp3) is 0.368. The Kier molecular flexibility index (Phi) is 4.95. The lowest BCUT2D eigenvalue weighted by Crippen LogP contribution is -2.25. The lowest BCUT2D eigenvalue weighted by molar-refractivity contribution is 0.199. The number of hydrogen-bond donors (Lipinski definition) is 1. The molecule has 0 amide bonds. The molecule has 0 spiro atoms. The molecule has 23 heavy (non-hydrogen) atoms. The van der Waals surface area contributed by atoms with Crippen LogP contribution < -0.4 is 4.90 Å². The number of fused-ring (bicyclic) bond motifs is 2. The molecule has 122 valence electrons. The number of nitrogens with zero attached hydrogens (tertiary/aromatic N) is 2. The molecule has 0 unspecified atom stereocenters. The Morgan fingerprint density at radius 2 is 1.83 bits per heavy atom. The van der Waals surface area contributed by atoms with Gasteiger partial charge in [0.25, 0.3) is 0 Å². The predicted molar refractivity (Wildman–Crippen MR) is 97.8 cm³/mol. The van der Waals surface area contributed by atoms with Crippen molar-refractivity contribution in [1.29, 1.82) is 0 Å². The molecule has 1 N–H and O–H groups in total. The highest BCUT2D eigenvalue weighted by molar-refractivity contribution is 7.99. The summed E-state index contributed by atoms with van der Waals surface area (Å²) >= 11 is 1.81. The van der Waals surface area contributed by atoms with Crippen LogP contribution in [0.2, 0.25) is 0 Å². The summed E-state index contributed by atoms with van der Waals surface area (Å²) in [6.07, 6.45) is 0.663. The van der Waals surface area contributed by atoms with Gasteiger partial charge in [0.15, 0.2) is 0 Å². The van der Waals surface area contributed by atoms with Crippen molar-refractivity contribution in [3.63, 3.8) is 0 Å². The maximum Gasteiger partial charge on any atom is 0.0762 e. The molecule has 0 fully saturated rings. The second kappa shape index (κ2) is 6.95. The molecular formula is C19H24N2OS. The zero-order chi connectivity index (χ0) is 16.4. The van der Waals surface area contributed by atoms with Gasteiger partial charge in [-0.3, -0.25) is 0 Å². The fourth-order valence-electron chi connectivity index (χ4n) is 2.89. The summed E-state index contributed by atoms with van der Waals surface area (Å²) in [4.78, 5) is 7.18. The van der Waals surface area contributed by atoms with Crippen LogP contribution in [-0.2, 0) is 0 Å². The number of rotatable bonds is 5. The zero-order valence-electron chi connectivity index (χ0n) is 14.0. The van der Waals surface area contributed by atoms with E-state index in [1.807, 2.05) is 24.8 Å². The van der Waals surface area contributed by atoms with Crippen molar-refractivity contribution < 1.29 is 5.11 Å². The van der Waals surface area contributed by atoms with Crippen LogP contribution in [0.1, 0.15) is 25.0 Å². The van der Waals surface area contributed by atoms with E-state index in [0.717, 1.165) is 25.1 Å². The molecule has 1 heterocycles. The molecular weight excluding hydrogens is 304 g/mol. The summed E-state index contributed by atoms with van der Waals surface area (Å²) in [5.41, 5.74) is 3.46. The van der Waals surface area contributed by atoms with Crippen LogP contribution in [0.25, 0.3) is 0 Å². The smallest absolute Gasteiger partial charge is 0.0762 e. The number of anilines is 2. The van der Waals surface area contributed by atoms with Crippen molar-refractivity contribution in [1.82, 2.24) is 4.90 Å². The molecule has 0 aromatic heterocycles. The van der Waals surface area contributed by atoms with E-state index in [2.05, 4.69) is 60.3 Å². The molecule has 3 nitrogen and oxygen atoms in total. The quantitative estimate of drug-likeness (QED) is 0.885. The van der Waals surface area contributed by atoms with Crippen LogP contribution in [-0.4, -0.2) is 37.2 Å². The van der Waals surface area contributed by atoms with Crippen LogP contribution in [0.3, 0.4) is 0 Å². The van der Waals surface area contributed by atoms with Gasteiger partial charge in [-0.1, -0.05) is 30.0 Å². The maximum absolute atomic E-state index is 9.92. The lowest BCUT2D eigenvalue weighted by Gasteiger charge is -2.33. The average Bonchev–Trinajstić information content (AvgIpc) is 2.53. The van der Waals surface area contributed by atoms with Gasteiger partial charge >= 0.3 is 0 Å². The highest BCUT2D eigenvalue weighted by atomic mass is 32.2. The van der Waals surface area contributed by atoms with Crippen LogP contribution in [0.5, 0.6) is 0 Å². The normalized spacial score (nSPS) is 14.6. The molecule has 2 aromatic rings. The van der Waals surface area contributed by atoms with Gasteiger partial charge in [-0.25, -0.2) is 0 Å². The third kappa shape index (κ3) is 3.55. The molecule has 1 atom stereocenters. The number of benzene rings is 2. The average molecular weight is 328 g/mol. The topological polar surface area (TPSA) is 26.7 Å². The van der Waals surface area contributed by atoms with Gasteiger partial charge in [-0.15, -0.1) is 0 Å². The second-order valence-corrected chi connectivity index (χ2v) is 7.37. The van der Waals surface area contributed by atoms with Crippen LogP contribution in [0, 0.1) is 0 Å². The van der Waals surface area contributed by atoms with E-state index in [4.69, 9.17) is 0 Å². The van der Waals surface area contributed by atoms with E-state index in [-0.39, 0.29) is 0 Å². The van der Waals surface area contributed by atoms with Crippen LogP contribution in [0.4, 0.5) is 11.4 Å². The first-order valence-electron chi connectivity index (χ1n) is 8.07. The monoisotopic (exact) mass is 328 g/mol. The zero-order valence-corrected chi connectivity index (χ0v) is 14.8. The van der Waals surface area contributed by atoms with Crippen molar-refractivity contribution in [2.45, 2.75) is 29.2 Å². The Hall–Kier alpha value is -1.49. The van der Waals surface area contributed by atoms with Crippen molar-refractivity contribution in [3.8, 4) is 0 Å². The Morgan fingerprint density at radius 3 is 2.57 bits per heavy atom. The van der Waals surface area contributed by atoms with E-state index in [1.54, 1.807) is 0 Å². The number of hydrogen-bond acceptors (Lipinski definition) is 4. The summed E-state index contributed by atoms with van der Waals surface area (Å²) in [5, 5.41) is 9.92. The van der Waals surface area contributed by atoms with E-state index >= 15 is 0 Å². The lowest BCUT2D eigenvalue weighted by atomic mass is 10.1. The first kappa shape index (κ1) is 16.4. The van der Waals surface area contributed by atoms with Crippen molar-refractivity contribution in [2.75, 3.05) is 32.1 Å². The molecule has 0 aliphatic carbocycles. The van der Waals surface area contributed by atoms with Gasteiger partial charge in [-0.2, -0.15) is 0 Å². The minimum Gasteiger partial charge on any atom is -0.389 e. The molecule has 0 radical (unpaired) electrons. The van der Waals surface area contributed by atoms with Gasteiger partial charge in [0.1, 0.15) is 0 Å². The third-order valence-electron chi connectivity index (χ3n) is 4.12. The maximum atomic E-state index is 9.92. The van der Waals surface area contributed by atoms with Crippen LogP contribution in [0.15, 0.2) is 52.3 Å². The molecule has 1 aliphatic heterocycles. The molecule has 0 saturated heterocycles. The fourth-order valence-corrected chi connectivity index (χ4v) is 3.97. The summed E-state index contributed by atoms with van der Waals surface area (Å²) in [6.45, 7) is 3.87. The summed E-state index contributed by atoms with van der Waals surface area (Å²) in [5.74, 6) is 0. The van der Waals surface area contributed by atoms with Gasteiger partial charge in [-0.05, 0) is 63.8 Å². The van der Waals surface area contributed by atoms with Gasteiger partial charge in [0, 0.05) is 16.3 Å². The molecule has 2 aromatic carbocycles. The largest absolute Gasteiger partial charge is 0.389 e. The third-order valence-corrected chi connectivity index (χ3v) is 5.25. The highest BCUT2D eigenvalue weighted by Crippen LogP contribution is 2.48. The molecule has 3 rings (SSSR count). The highest BCUT2D eigenvalue weighted by Gasteiger charge is 2.23. The number of aliphatic hydroxyl groups is 1. The van der Waals surface area contributed by atoms with Crippen molar-refractivity contribution in [2.24, 2.45) is 0 Å². The van der Waals surface area contributed by atoms with Crippen LogP contribution >= 0.6 is 11.8 Å². The first-order chi connectivity index (χ1) is 11.1. The van der Waals surface area contributed by atoms with Gasteiger partial charge < -0.3 is 14.9 Å². The Labute approximate surface area is 142 Å². The minimum absolute atomic E-state index is 0.439. The number of para-hydroxylation sites is 1. The summed E-state index contributed by atoms with van der Waals surface area (Å²) < 4.78 is 0. The Bertz CT molecular complexity index is 685. The standard InChI is InChI=1S/C19H24N2OS/c1-14(22)15-9-10-19-17(13-15)21(12-6-11-20(2)3)16-7-4-5-8-18(16)23-19/h4-5,7-10,13-14,22H,6,11-12H2,1-3H3/t14-/m1/s1. The molecule has 4 heteroatoms. The SMILES string of the molecule is C[C@@H](O)c1ccc2c(c1)N(CCCN(C)C)c1ccccc1S2. The molecule has 0 bridgehead atoms. The van der Waals surface area contributed by atoms with E-state index < -0.39 is 6.10 Å². The van der Waals surface area contributed by atoms with E-state index in [9.17, 15) is 5.11 Å². The van der Waals surface area contributed by atoms with Crippen molar-refractivity contribution in [3.05, 3.63) is 48.0 Å².